The average molecular weight is 317 g/mol. The second kappa shape index (κ2) is 7.10. The highest BCUT2D eigenvalue weighted by molar-refractivity contribution is 5.98. The number of hydrogen-bond donors (Lipinski definition) is 2. The van der Waals surface area contributed by atoms with Crippen LogP contribution in [0.15, 0.2) is 24.3 Å². The fourth-order valence-corrected chi connectivity index (χ4v) is 3.05. The second-order valence-corrected chi connectivity index (χ2v) is 6.12. The molecular weight excluding hydrogens is 294 g/mol. The standard InChI is InChI=1S/C17H23N3O3/c1-12-11-18-7-8-20(12)17(22)13-4-2-5-14(10-13)19-16(21)15-6-3-9-23-15/h2,4-5,10,12,15,18H,3,6-9,11H2,1H3,(H,19,21)/t12-,15?/m0/s1. The van der Waals surface area contributed by atoms with E-state index in [1.54, 1.807) is 24.3 Å². The Kier molecular flexibility index (Phi) is 4.93. The van der Waals surface area contributed by atoms with Gasteiger partial charge in [-0.05, 0) is 38.0 Å². The minimum absolute atomic E-state index is 0.00668. The number of ether oxygens (including phenoxy) is 1. The van der Waals surface area contributed by atoms with Crippen LogP contribution in [0.25, 0.3) is 0 Å². The summed E-state index contributed by atoms with van der Waals surface area (Å²) in [7, 11) is 0. The Morgan fingerprint density at radius 3 is 3.00 bits per heavy atom. The predicted molar refractivity (Wildman–Crippen MR) is 87.4 cm³/mol. The number of anilines is 1. The first-order chi connectivity index (χ1) is 11.1. The van der Waals surface area contributed by atoms with E-state index in [1.807, 2.05) is 11.8 Å². The lowest BCUT2D eigenvalue weighted by molar-refractivity contribution is -0.124. The van der Waals surface area contributed by atoms with Crippen LogP contribution in [0.5, 0.6) is 0 Å². The molecule has 2 aliphatic rings. The predicted octanol–water partition coefficient (Wildman–Crippen LogP) is 1.24. The van der Waals surface area contributed by atoms with Gasteiger partial charge in [-0.1, -0.05) is 6.07 Å². The first kappa shape index (κ1) is 16.0. The summed E-state index contributed by atoms with van der Waals surface area (Å²) < 4.78 is 5.38. The van der Waals surface area contributed by atoms with Crippen LogP contribution in [-0.2, 0) is 9.53 Å². The van der Waals surface area contributed by atoms with Crippen LogP contribution in [0.1, 0.15) is 30.1 Å². The molecule has 1 aromatic carbocycles. The molecule has 3 rings (SSSR count). The second-order valence-electron chi connectivity index (χ2n) is 6.12. The normalized spacial score (nSPS) is 24.5. The molecule has 2 N–H and O–H groups in total. The first-order valence-electron chi connectivity index (χ1n) is 8.19. The monoisotopic (exact) mass is 317 g/mol. The molecule has 0 bridgehead atoms. The lowest BCUT2D eigenvalue weighted by Crippen LogP contribution is -2.52. The number of carbonyl (C=O) groups is 2. The summed E-state index contributed by atoms with van der Waals surface area (Å²) in [4.78, 5) is 26.6. The summed E-state index contributed by atoms with van der Waals surface area (Å²) >= 11 is 0. The largest absolute Gasteiger partial charge is 0.368 e. The van der Waals surface area contributed by atoms with Gasteiger partial charge < -0.3 is 20.3 Å². The highest BCUT2D eigenvalue weighted by Gasteiger charge is 2.25. The molecule has 0 aromatic heterocycles. The lowest BCUT2D eigenvalue weighted by Gasteiger charge is -2.34. The van der Waals surface area contributed by atoms with E-state index in [9.17, 15) is 9.59 Å². The van der Waals surface area contributed by atoms with Gasteiger partial charge in [0, 0.05) is 43.5 Å². The van der Waals surface area contributed by atoms with Crippen molar-refractivity contribution in [1.29, 1.82) is 0 Å². The zero-order valence-corrected chi connectivity index (χ0v) is 13.4. The highest BCUT2D eigenvalue weighted by atomic mass is 16.5. The fraction of sp³-hybridized carbons (Fsp3) is 0.529. The van der Waals surface area contributed by atoms with E-state index < -0.39 is 0 Å². The number of nitrogens with one attached hydrogen (secondary N) is 2. The quantitative estimate of drug-likeness (QED) is 0.880. The molecule has 6 nitrogen and oxygen atoms in total. The van der Waals surface area contributed by atoms with Gasteiger partial charge in [0.1, 0.15) is 6.10 Å². The van der Waals surface area contributed by atoms with Crippen molar-refractivity contribution >= 4 is 17.5 Å². The molecule has 2 fully saturated rings. The van der Waals surface area contributed by atoms with E-state index >= 15 is 0 Å². The molecule has 2 heterocycles. The minimum atomic E-state index is -0.373. The number of hydrogen-bond acceptors (Lipinski definition) is 4. The van der Waals surface area contributed by atoms with Crippen LogP contribution < -0.4 is 10.6 Å². The Balaban J connectivity index is 1.69. The van der Waals surface area contributed by atoms with E-state index in [4.69, 9.17) is 4.74 Å². The van der Waals surface area contributed by atoms with Gasteiger partial charge in [0.15, 0.2) is 0 Å². The third kappa shape index (κ3) is 3.71. The number of rotatable bonds is 3. The Labute approximate surface area is 136 Å². The van der Waals surface area contributed by atoms with Crippen molar-refractivity contribution in [2.45, 2.75) is 31.9 Å². The van der Waals surface area contributed by atoms with E-state index in [2.05, 4.69) is 10.6 Å². The van der Waals surface area contributed by atoms with Crippen molar-refractivity contribution in [2.24, 2.45) is 0 Å². The molecular formula is C17H23N3O3. The van der Waals surface area contributed by atoms with Gasteiger partial charge in [-0.15, -0.1) is 0 Å². The van der Waals surface area contributed by atoms with Crippen molar-refractivity contribution in [3.8, 4) is 0 Å². The van der Waals surface area contributed by atoms with Crippen molar-refractivity contribution < 1.29 is 14.3 Å². The van der Waals surface area contributed by atoms with E-state index in [0.717, 1.165) is 25.9 Å². The van der Waals surface area contributed by atoms with Gasteiger partial charge in [-0.2, -0.15) is 0 Å². The number of benzene rings is 1. The van der Waals surface area contributed by atoms with Crippen LogP contribution in [-0.4, -0.2) is 55.1 Å². The van der Waals surface area contributed by atoms with Crippen LogP contribution in [0.2, 0.25) is 0 Å². The molecule has 2 atom stereocenters. The summed E-state index contributed by atoms with van der Waals surface area (Å²) in [5.41, 5.74) is 1.24. The third-order valence-electron chi connectivity index (χ3n) is 4.36. The molecule has 6 heteroatoms. The molecule has 0 spiro atoms. The van der Waals surface area contributed by atoms with Crippen LogP contribution in [0, 0.1) is 0 Å². The van der Waals surface area contributed by atoms with E-state index in [0.29, 0.717) is 24.4 Å². The zero-order chi connectivity index (χ0) is 16.2. The van der Waals surface area contributed by atoms with E-state index in [-0.39, 0.29) is 24.0 Å². The maximum Gasteiger partial charge on any atom is 0.254 e. The Morgan fingerprint density at radius 2 is 2.26 bits per heavy atom. The van der Waals surface area contributed by atoms with Crippen molar-refractivity contribution in [1.82, 2.24) is 10.2 Å². The number of amides is 2. The van der Waals surface area contributed by atoms with Crippen molar-refractivity contribution in [3.63, 3.8) is 0 Å². The maximum absolute atomic E-state index is 12.7. The molecule has 124 valence electrons. The Bertz CT molecular complexity index is 584. The highest BCUT2D eigenvalue weighted by Crippen LogP contribution is 2.18. The molecule has 0 radical (unpaired) electrons. The van der Waals surface area contributed by atoms with E-state index in [1.165, 1.54) is 0 Å². The molecule has 0 aliphatic carbocycles. The number of piperazine rings is 1. The van der Waals surface area contributed by atoms with Gasteiger partial charge in [0.25, 0.3) is 11.8 Å². The molecule has 0 saturated carbocycles. The zero-order valence-electron chi connectivity index (χ0n) is 13.4. The molecule has 1 aromatic rings. The van der Waals surface area contributed by atoms with Gasteiger partial charge >= 0.3 is 0 Å². The number of carbonyl (C=O) groups excluding carboxylic acids is 2. The fourth-order valence-electron chi connectivity index (χ4n) is 3.05. The summed E-state index contributed by atoms with van der Waals surface area (Å²) in [5.74, 6) is -0.130. The summed E-state index contributed by atoms with van der Waals surface area (Å²) in [6.45, 7) is 4.99. The number of nitrogens with zero attached hydrogens (tertiary/aromatic N) is 1. The van der Waals surface area contributed by atoms with Gasteiger partial charge in [-0.3, -0.25) is 9.59 Å². The Hall–Kier alpha value is -1.92. The first-order valence-corrected chi connectivity index (χ1v) is 8.19. The van der Waals surface area contributed by atoms with Crippen LogP contribution >= 0.6 is 0 Å². The maximum atomic E-state index is 12.7. The van der Waals surface area contributed by atoms with Crippen LogP contribution in [0.3, 0.4) is 0 Å². The smallest absolute Gasteiger partial charge is 0.254 e. The topological polar surface area (TPSA) is 70.7 Å². The molecule has 23 heavy (non-hydrogen) atoms. The van der Waals surface area contributed by atoms with Gasteiger partial charge in [0.05, 0.1) is 0 Å². The molecule has 2 aliphatic heterocycles. The van der Waals surface area contributed by atoms with Gasteiger partial charge in [-0.25, -0.2) is 0 Å². The summed E-state index contributed by atoms with van der Waals surface area (Å²) in [6, 6.07) is 7.29. The molecule has 2 amide bonds. The summed E-state index contributed by atoms with van der Waals surface area (Å²) in [6.07, 6.45) is 1.29. The average Bonchev–Trinajstić information content (AvgIpc) is 3.09. The Morgan fingerprint density at radius 1 is 1.39 bits per heavy atom. The van der Waals surface area contributed by atoms with Crippen LogP contribution in [0.4, 0.5) is 5.69 Å². The van der Waals surface area contributed by atoms with Crippen molar-refractivity contribution in [2.75, 3.05) is 31.6 Å². The molecule has 2 saturated heterocycles. The van der Waals surface area contributed by atoms with Gasteiger partial charge in [0.2, 0.25) is 0 Å². The minimum Gasteiger partial charge on any atom is -0.368 e. The lowest BCUT2D eigenvalue weighted by atomic mass is 10.1. The summed E-state index contributed by atoms with van der Waals surface area (Å²) in [5, 5.41) is 6.12. The third-order valence-corrected chi connectivity index (χ3v) is 4.36. The van der Waals surface area contributed by atoms with Crippen molar-refractivity contribution in [3.05, 3.63) is 29.8 Å². The SMILES string of the molecule is C[C@H]1CNCCN1C(=O)c1cccc(NC(=O)C2CCCO2)c1. The molecule has 1 unspecified atom stereocenters.